The standard InChI is InChI=1S/C24H22ClF5N2O3/c1-21(2)11-22(34,23(26,27)24(28,29)30)20(13-7-9-14(25)19(35-3)18(13)21)32-16-6-4-5-15-12(16)8-10-17(33)31-15/h4-10,20,32,34H,11H2,1-3H3,(H,31,33)/t20-,22-/m1/s1. The van der Waals surface area contributed by atoms with E-state index in [-0.39, 0.29) is 22.0 Å². The average Bonchev–Trinajstić information content (AvgIpc) is 2.75. The lowest BCUT2D eigenvalue weighted by molar-refractivity contribution is -0.349. The van der Waals surface area contributed by atoms with Crippen LogP contribution in [0.5, 0.6) is 5.75 Å². The normalized spacial score (nSPS) is 22.1. The van der Waals surface area contributed by atoms with Crippen molar-refractivity contribution < 1.29 is 31.8 Å². The van der Waals surface area contributed by atoms with Crippen LogP contribution in [0.15, 0.2) is 47.3 Å². The van der Waals surface area contributed by atoms with Crippen molar-refractivity contribution in [3.8, 4) is 5.75 Å². The molecule has 2 atom stereocenters. The maximum Gasteiger partial charge on any atom is 0.456 e. The van der Waals surface area contributed by atoms with Crippen LogP contribution in [-0.4, -0.2) is 34.9 Å². The molecule has 1 aliphatic carbocycles. The molecule has 1 aromatic heterocycles. The SMILES string of the molecule is COc1c(Cl)ccc2c1C(C)(C)C[C@](O)(C(F)(F)C(F)(F)F)[C@@H]2Nc1cccc2[nH]c(=O)ccc12. The van der Waals surface area contributed by atoms with E-state index in [9.17, 15) is 23.1 Å². The van der Waals surface area contributed by atoms with Crippen molar-refractivity contribution in [2.75, 3.05) is 12.4 Å². The highest BCUT2D eigenvalue weighted by Gasteiger charge is 2.74. The van der Waals surface area contributed by atoms with Crippen LogP contribution >= 0.6 is 11.6 Å². The smallest absolute Gasteiger partial charge is 0.456 e. The van der Waals surface area contributed by atoms with E-state index in [4.69, 9.17) is 16.3 Å². The molecule has 0 saturated heterocycles. The van der Waals surface area contributed by atoms with Gasteiger partial charge in [-0.1, -0.05) is 37.6 Å². The molecule has 0 spiro atoms. The van der Waals surface area contributed by atoms with Crippen LogP contribution in [0, 0.1) is 0 Å². The number of alkyl halides is 5. The summed E-state index contributed by atoms with van der Waals surface area (Å²) in [6, 6.07) is 7.82. The predicted molar refractivity (Wildman–Crippen MR) is 123 cm³/mol. The highest BCUT2D eigenvalue weighted by Crippen LogP contribution is 2.60. The molecule has 1 aliphatic rings. The number of benzene rings is 2. The molecule has 188 valence electrons. The number of rotatable bonds is 4. The molecule has 0 saturated carbocycles. The number of aromatic amines is 1. The molecule has 0 aliphatic heterocycles. The van der Waals surface area contributed by atoms with Gasteiger partial charge in [0, 0.05) is 22.7 Å². The zero-order valence-corrected chi connectivity index (χ0v) is 19.6. The number of pyridine rings is 1. The second-order valence-electron chi connectivity index (χ2n) is 9.27. The minimum absolute atomic E-state index is 0.0182. The van der Waals surface area contributed by atoms with Crippen molar-refractivity contribution in [3.63, 3.8) is 0 Å². The van der Waals surface area contributed by atoms with Gasteiger partial charge in [-0.05, 0) is 41.7 Å². The van der Waals surface area contributed by atoms with Gasteiger partial charge in [0.2, 0.25) is 5.56 Å². The Hall–Kier alpha value is -2.85. The van der Waals surface area contributed by atoms with Gasteiger partial charge in [-0.3, -0.25) is 4.79 Å². The van der Waals surface area contributed by atoms with E-state index < -0.39 is 41.1 Å². The fourth-order valence-electron chi connectivity index (χ4n) is 5.04. The van der Waals surface area contributed by atoms with Gasteiger partial charge in [0.25, 0.3) is 0 Å². The van der Waals surface area contributed by atoms with Crippen molar-refractivity contribution in [1.29, 1.82) is 0 Å². The first-order chi connectivity index (χ1) is 16.1. The van der Waals surface area contributed by atoms with Gasteiger partial charge in [-0.2, -0.15) is 22.0 Å². The number of anilines is 1. The summed E-state index contributed by atoms with van der Waals surface area (Å²) in [7, 11) is 1.31. The van der Waals surface area contributed by atoms with Crippen molar-refractivity contribution >= 4 is 28.2 Å². The topological polar surface area (TPSA) is 74.3 Å². The number of nitrogens with one attached hydrogen (secondary N) is 2. The lowest BCUT2D eigenvalue weighted by atomic mass is 9.61. The molecule has 5 nitrogen and oxygen atoms in total. The van der Waals surface area contributed by atoms with Gasteiger partial charge in [-0.25, -0.2) is 0 Å². The summed E-state index contributed by atoms with van der Waals surface area (Å²) in [6.07, 6.45) is -6.99. The van der Waals surface area contributed by atoms with Gasteiger partial charge in [0.05, 0.1) is 23.7 Å². The van der Waals surface area contributed by atoms with Crippen LogP contribution in [0.2, 0.25) is 5.02 Å². The van der Waals surface area contributed by atoms with Gasteiger partial charge < -0.3 is 20.1 Å². The Morgan fingerprint density at radius 1 is 1.11 bits per heavy atom. The molecule has 4 rings (SSSR count). The Labute approximate surface area is 201 Å². The summed E-state index contributed by atoms with van der Waals surface area (Å²) < 4.78 is 76.7. The Morgan fingerprint density at radius 3 is 2.43 bits per heavy atom. The first-order valence-electron chi connectivity index (χ1n) is 10.6. The third-order valence-electron chi connectivity index (χ3n) is 6.49. The zero-order valence-electron chi connectivity index (χ0n) is 18.9. The molecule has 0 unspecified atom stereocenters. The highest BCUT2D eigenvalue weighted by atomic mass is 35.5. The van der Waals surface area contributed by atoms with Crippen LogP contribution in [0.4, 0.5) is 27.6 Å². The number of hydrogen-bond acceptors (Lipinski definition) is 4. The van der Waals surface area contributed by atoms with Crippen LogP contribution in [-0.2, 0) is 5.41 Å². The molecular formula is C24H22ClF5N2O3. The maximum atomic E-state index is 15.1. The van der Waals surface area contributed by atoms with E-state index in [1.54, 1.807) is 6.07 Å². The fraction of sp³-hybridized carbons (Fsp3) is 0.375. The lowest BCUT2D eigenvalue weighted by Crippen LogP contribution is -2.65. The second kappa shape index (κ2) is 8.09. The number of H-pyrrole nitrogens is 1. The van der Waals surface area contributed by atoms with Gasteiger partial charge in [0.15, 0.2) is 5.60 Å². The summed E-state index contributed by atoms with van der Waals surface area (Å²) in [5.74, 6) is -5.36. The average molecular weight is 517 g/mol. The van der Waals surface area contributed by atoms with E-state index in [0.717, 1.165) is 0 Å². The van der Waals surface area contributed by atoms with Crippen LogP contribution in [0.1, 0.15) is 37.4 Å². The third kappa shape index (κ3) is 3.83. The third-order valence-corrected chi connectivity index (χ3v) is 6.79. The molecule has 3 N–H and O–H groups in total. The van der Waals surface area contributed by atoms with E-state index in [0.29, 0.717) is 16.5 Å². The Morgan fingerprint density at radius 2 is 1.80 bits per heavy atom. The zero-order chi connectivity index (χ0) is 26.0. The van der Waals surface area contributed by atoms with Crippen LogP contribution in [0.25, 0.3) is 10.9 Å². The second-order valence-corrected chi connectivity index (χ2v) is 9.68. The van der Waals surface area contributed by atoms with Crippen LogP contribution in [0.3, 0.4) is 0 Å². The summed E-state index contributed by atoms with van der Waals surface area (Å²) in [5, 5.41) is 14.6. The van der Waals surface area contributed by atoms with Crippen molar-refractivity contribution in [1.82, 2.24) is 4.98 Å². The van der Waals surface area contributed by atoms with E-state index >= 15 is 8.78 Å². The number of hydrogen-bond donors (Lipinski definition) is 3. The lowest BCUT2D eigenvalue weighted by Gasteiger charge is -2.51. The monoisotopic (exact) mass is 516 g/mol. The van der Waals surface area contributed by atoms with Gasteiger partial charge >= 0.3 is 12.1 Å². The minimum atomic E-state index is -6.03. The number of halogens is 6. The Kier molecular flexibility index (Phi) is 5.84. The summed E-state index contributed by atoms with van der Waals surface area (Å²) in [4.78, 5) is 14.3. The number of methoxy groups -OCH3 is 1. The molecule has 0 fully saturated rings. The van der Waals surface area contributed by atoms with E-state index in [1.807, 2.05) is 0 Å². The van der Waals surface area contributed by atoms with Gasteiger partial charge in [-0.15, -0.1) is 0 Å². The maximum absolute atomic E-state index is 15.1. The Balaban J connectivity index is 2.02. The fourth-order valence-corrected chi connectivity index (χ4v) is 5.27. The summed E-state index contributed by atoms with van der Waals surface area (Å²) >= 11 is 6.25. The summed E-state index contributed by atoms with van der Waals surface area (Å²) in [6.45, 7) is 2.89. The van der Waals surface area contributed by atoms with Crippen LogP contribution < -0.4 is 15.6 Å². The van der Waals surface area contributed by atoms with E-state index in [2.05, 4.69) is 10.3 Å². The van der Waals surface area contributed by atoms with Crippen molar-refractivity contribution in [3.05, 3.63) is 69.0 Å². The van der Waals surface area contributed by atoms with Crippen molar-refractivity contribution in [2.45, 2.75) is 49.4 Å². The molecule has 1 heterocycles. The molecule has 2 aromatic carbocycles. The largest absolute Gasteiger partial charge is 0.495 e. The molecular weight excluding hydrogens is 495 g/mol. The summed E-state index contributed by atoms with van der Waals surface area (Å²) in [5.41, 5.74) is -4.63. The van der Waals surface area contributed by atoms with Gasteiger partial charge in [0.1, 0.15) is 5.75 Å². The molecule has 0 radical (unpaired) electrons. The van der Waals surface area contributed by atoms with Crippen molar-refractivity contribution in [2.24, 2.45) is 0 Å². The van der Waals surface area contributed by atoms with E-state index in [1.165, 1.54) is 57.4 Å². The first-order valence-corrected chi connectivity index (χ1v) is 10.9. The minimum Gasteiger partial charge on any atom is -0.495 e. The number of aromatic nitrogens is 1. The molecule has 35 heavy (non-hydrogen) atoms. The Bertz CT molecular complexity index is 1360. The molecule has 3 aromatic rings. The highest BCUT2D eigenvalue weighted by molar-refractivity contribution is 6.32. The molecule has 0 amide bonds. The predicted octanol–water partition coefficient (Wildman–Crippen LogP) is 5.95. The number of fused-ring (bicyclic) bond motifs is 2. The number of aliphatic hydroxyl groups is 1. The first kappa shape index (κ1) is 25.2. The number of ether oxygens (including phenoxy) is 1. The molecule has 11 heteroatoms. The molecule has 0 bridgehead atoms. The quantitative estimate of drug-likeness (QED) is 0.374.